The number of esters is 1. The highest BCUT2D eigenvalue weighted by atomic mass is 32.1. The van der Waals surface area contributed by atoms with Gasteiger partial charge in [-0.25, -0.2) is 14.6 Å². The van der Waals surface area contributed by atoms with Crippen LogP contribution < -0.4 is 5.32 Å². The van der Waals surface area contributed by atoms with Crippen LogP contribution in [0.1, 0.15) is 49.9 Å². The van der Waals surface area contributed by atoms with E-state index < -0.39 is 18.6 Å². The highest BCUT2D eigenvalue weighted by Crippen LogP contribution is 2.36. The van der Waals surface area contributed by atoms with Crippen molar-refractivity contribution in [3.8, 4) is 0 Å². The van der Waals surface area contributed by atoms with Gasteiger partial charge in [-0.05, 0) is 31.5 Å². The van der Waals surface area contributed by atoms with Crippen LogP contribution in [-0.4, -0.2) is 61.6 Å². The van der Waals surface area contributed by atoms with Crippen molar-refractivity contribution in [3.63, 3.8) is 0 Å². The number of aromatic nitrogens is 1. The van der Waals surface area contributed by atoms with Gasteiger partial charge >= 0.3 is 12.0 Å². The van der Waals surface area contributed by atoms with E-state index in [9.17, 15) is 9.59 Å². The largest absolute Gasteiger partial charge is 0.467 e. The van der Waals surface area contributed by atoms with Crippen LogP contribution in [0, 0.1) is 5.92 Å². The lowest BCUT2D eigenvalue weighted by molar-refractivity contribution is -0.144. The maximum Gasteiger partial charge on any atom is 0.328 e. The monoisotopic (exact) mass is 537 g/mol. The summed E-state index contributed by atoms with van der Waals surface area (Å²) in [6.07, 6.45) is 3.91. The first-order valence-corrected chi connectivity index (χ1v) is 17.0. The van der Waals surface area contributed by atoms with E-state index in [4.69, 9.17) is 4.74 Å². The number of hydrogen-bond donors (Lipinski definition) is 1. The van der Waals surface area contributed by atoms with Crippen LogP contribution in [0.4, 0.5) is 4.79 Å². The highest BCUT2D eigenvalue weighted by Gasteiger charge is 2.27. The summed E-state index contributed by atoms with van der Waals surface area (Å²) in [4.78, 5) is 31.4. The number of ether oxygens (including phenoxy) is 1. The molecule has 0 bridgehead atoms. The molecule has 9 heteroatoms. The third-order valence-electron chi connectivity index (χ3n) is 4.54. The van der Waals surface area contributed by atoms with Crippen LogP contribution in [0.3, 0.4) is 0 Å². The Balaban J connectivity index is 0.00000111. The van der Waals surface area contributed by atoms with Crippen molar-refractivity contribution in [1.29, 1.82) is 0 Å². The molecule has 1 aromatic carbocycles. The van der Waals surface area contributed by atoms with E-state index in [1.165, 1.54) is 7.11 Å². The van der Waals surface area contributed by atoms with E-state index in [1.54, 1.807) is 16.2 Å². The fourth-order valence-corrected chi connectivity index (χ4v) is 3.63. The fraction of sp³-hybridized carbons (Fsp3) is 0.500. The SMILES string of the molecule is COC(=O)[C@@H](NC(=O)N(C/C=C/c1ccccc1)Cc1csc(C(C)C)n1)C(C)C.CP(C)(C)=P. The molecule has 0 saturated carbocycles. The number of nitrogens with one attached hydrogen (secondary N) is 1. The predicted molar refractivity (Wildman–Crippen MR) is 154 cm³/mol. The van der Waals surface area contributed by atoms with Gasteiger partial charge in [0, 0.05) is 17.8 Å². The standard InChI is InChI=1S/C23H31N3O3S.C3H10P2/c1-16(2)20(22(27)29-5)25-23(28)26(13-9-12-18-10-7-6-8-11-18)14-19-15-30-21(24-19)17(3)4;1-5(2,3)4/h6-12,15-17,20H,13-14H2,1-5H3,(H,25,28);4H,1-3H3/b12-9+;/t20-;/m0./s1. The minimum absolute atomic E-state index is 0.0880. The minimum atomic E-state index is -0.704. The zero-order chi connectivity index (χ0) is 26.6. The van der Waals surface area contributed by atoms with Crippen molar-refractivity contribution in [2.45, 2.75) is 46.2 Å². The lowest BCUT2D eigenvalue weighted by Gasteiger charge is -2.26. The molecule has 1 aromatic heterocycles. The summed E-state index contributed by atoms with van der Waals surface area (Å²) in [6.45, 7) is 14.7. The quantitative estimate of drug-likeness (QED) is 0.288. The smallest absolute Gasteiger partial charge is 0.328 e. The Labute approximate surface area is 217 Å². The summed E-state index contributed by atoms with van der Waals surface area (Å²) < 4.78 is 4.84. The Morgan fingerprint density at radius 1 is 1.17 bits per heavy atom. The number of nitrogens with zero attached hydrogens (tertiary/aromatic N) is 2. The maximum atomic E-state index is 13.0. The summed E-state index contributed by atoms with van der Waals surface area (Å²) in [7, 11) is 4.86. The molecule has 35 heavy (non-hydrogen) atoms. The summed E-state index contributed by atoms with van der Waals surface area (Å²) in [5.74, 6) is -0.197. The second-order valence-electron chi connectivity index (χ2n) is 9.73. The van der Waals surface area contributed by atoms with Crippen molar-refractivity contribution < 1.29 is 14.3 Å². The number of urea groups is 1. The number of benzene rings is 1. The Morgan fingerprint density at radius 2 is 1.77 bits per heavy atom. The second kappa shape index (κ2) is 15.2. The van der Waals surface area contributed by atoms with Gasteiger partial charge in [-0.2, -0.15) is 0 Å². The molecule has 194 valence electrons. The Kier molecular flexibility index (Phi) is 13.5. The van der Waals surface area contributed by atoms with E-state index in [0.717, 1.165) is 16.3 Å². The summed E-state index contributed by atoms with van der Waals surface area (Å²) in [5.41, 5.74) is 1.90. The number of carbonyl (C=O) groups excluding carboxylic acids is 2. The zero-order valence-electron chi connectivity index (χ0n) is 22.2. The highest BCUT2D eigenvalue weighted by molar-refractivity contribution is 7.97. The van der Waals surface area contributed by atoms with Crippen molar-refractivity contribution in [3.05, 3.63) is 58.1 Å². The van der Waals surface area contributed by atoms with Gasteiger partial charge in [-0.3, -0.25) is 0 Å². The molecule has 0 unspecified atom stereocenters. The first-order valence-electron chi connectivity index (χ1n) is 11.7. The number of hydrogen-bond acceptors (Lipinski definition) is 5. The van der Waals surface area contributed by atoms with E-state index >= 15 is 0 Å². The number of amides is 2. The Bertz CT molecular complexity index is 992. The molecule has 0 saturated heterocycles. The van der Waals surface area contributed by atoms with Crippen molar-refractivity contribution in [2.75, 3.05) is 33.6 Å². The van der Waals surface area contributed by atoms with E-state index in [2.05, 4.69) is 52.7 Å². The van der Waals surface area contributed by atoms with Crippen LogP contribution in [0.15, 0.2) is 41.8 Å². The molecule has 0 aliphatic carbocycles. The van der Waals surface area contributed by atoms with Gasteiger partial charge in [-0.1, -0.05) is 76.7 Å². The second-order valence-corrected chi connectivity index (χ2v) is 18.7. The fourth-order valence-electron chi connectivity index (χ4n) is 2.80. The molecule has 0 spiro atoms. The molecule has 0 aliphatic rings. The molecule has 2 aromatic rings. The van der Waals surface area contributed by atoms with Crippen LogP contribution in [0.5, 0.6) is 0 Å². The van der Waals surface area contributed by atoms with Crippen LogP contribution >= 0.6 is 26.4 Å². The predicted octanol–water partition coefficient (Wildman–Crippen LogP) is 6.64. The molecule has 2 rings (SSSR count). The van der Waals surface area contributed by atoms with Gasteiger partial charge in [-0.15, -0.1) is 19.9 Å². The molecule has 1 heterocycles. The lowest BCUT2D eigenvalue weighted by Crippen LogP contribution is -2.50. The van der Waals surface area contributed by atoms with Gasteiger partial charge in [0.15, 0.2) is 0 Å². The first-order chi connectivity index (χ1) is 16.3. The van der Waals surface area contributed by atoms with Crippen LogP contribution in [-0.2, 0) is 16.1 Å². The summed E-state index contributed by atoms with van der Waals surface area (Å²) in [5, 5.41) is 5.84. The molecule has 0 aliphatic heterocycles. The van der Waals surface area contributed by atoms with E-state index in [-0.39, 0.29) is 11.9 Å². The molecular weight excluding hydrogens is 496 g/mol. The lowest BCUT2D eigenvalue weighted by atomic mass is 10.1. The number of carbonyl (C=O) groups is 2. The van der Waals surface area contributed by atoms with Crippen LogP contribution in [0.25, 0.3) is 6.08 Å². The van der Waals surface area contributed by atoms with E-state index in [1.807, 2.05) is 61.7 Å². The van der Waals surface area contributed by atoms with Gasteiger partial charge < -0.3 is 15.0 Å². The minimum Gasteiger partial charge on any atom is -0.467 e. The molecular formula is C26H41N3O3P2S. The molecule has 6 nitrogen and oxygen atoms in total. The molecule has 1 atom stereocenters. The van der Waals surface area contributed by atoms with E-state index in [0.29, 0.717) is 19.0 Å². The maximum absolute atomic E-state index is 13.0. The molecule has 1 N–H and O–H groups in total. The summed E-state index contributed by atoms with van der Waals surface area (Å²) in [6, 6.07) is 8.88. The van der Waals surface area contributed by atoms with Crippen molar-refractivity contribution >= 4 is 44.5 Å². The number of thiazole rings is 1. The topological polar surface area (TPSA) is 71.5 Å². The van der Waals surface area contributed by atoms with Gasteiger partial charge in [0.2, 0.25) is 0 Å². The van der Waals surface area contributed by atoms with Crippen LogP contribution in [0.2, 0.25) is 0 Å². The third kappa shape index (κ3) is 13.1. The first kappa shape index (κ1) is 31.1. The normalized spacial score (nSPS) is 12.3. The number of rotatable bonds is 9. The molecule has 0 fully saturated rings. The summed E-state index contributed by atoms with van der Waals surface area (Å²) >= 11 is 1.60. The van der Waals surface area contributed by atoms with Crippen molar-refractivity contribution in [1.82, 2.24) is 15.2 Å². The molecule has 0 radical (unpaired) electrons. The van der Waals surface area contributed by atoms with Gasteiger partial charge in [0.25, 0.3) is 0 Å². The Hall–Kier alpha value is -1.94. The number of methoxy groups -OCH3 is 1. The van der Waals surface area contributed by atoms with Gasteiger partial charge in [0.1, 0.15) is 6.04 Å². The average Bonchev–Trinajstić information content (AvgIpc) is 3.24. The van der Waals surface area contributed by atoms with Gasteiger partial charge in [0.05, 0.1) is 24.4 Å². The third-order valence-corrected chi connectivity index (χ3v) is 5.73. The zero-order valence-corrected chi connectivity index (χ0v) is 25.0. The molecule has 2 amide bonds. The Morgan fingerprint density at radius 3 is 2.26 bits per heavy atom. The average molecular weight is 538 g/mol. The van der Waals surface area contributed by atoms with Crippen molar-refractivity contribution in [2.24, 2.45) is 5.92 Å².